The lowest BCUT2D eigenvalue weighted by Gasteiger charge is -2.42. The maximum Gasteiger partial charge on any atom is 0.0628 e. The Kier molecular flexibility index (Phi) is 2.90. The Hall–Kier alpha value is -1.29. The highest BCUT2D eigenvalue weighted by atomic mass is 14.5. The molecular weight excluding hydrogens is 218 g/mol. The number of aryl methyl sites for hydroxylation is 2. The van der Waals surface area contributed by atoms with Crippen LogP contribution in [0.5, 0.6) is 0 Å². The van der Waals surface area contributed by atoms with Crippen LogP contribution in [0.3, 0.4) is 0 Å². The summed E-state index contributed by atoms with van der Waals surface area (Å²) in [5.74, 6) is 0.494. The Balaban J connectivity index is 2.06. The number of nitrogens with zero attached hydrogens (tertiary/aromatic N) is 1. The van der Waals surface area contributed by atoms with Gasteiger partial charge in [-0.05, 0) is 49.1 Å². The number of benzene rings is 1. The zero-order chi connectivity index (χ0) is 12.6. The van der Waals surface area contributed by atoms with E-state index >= 15 is 0 Å². The Morgan fingerprint density at radius 2 is 2.06 bits per heavy atom. The molecule has 0 aliphatic heterocycles. The molecule has 0 bridgehead atoms. The largest absolute Gasteiger partial charge is 0.198 e. The minimum atomic E-state index is 0.455. The molecule has 18 heavy (non-hydrogen) atoms. The first-order valence-corrected chi connectivity index (χ1v) is 7.22. The molecule has 94 valence electrons. The third-order valence-electron chi connectivity index (χ3n) is 5.20. The summed E-state index contributed by atoms with van der Waals surface area (Å²) in [5.41, 5.74) is 4.78. The molecule has 0 N–H and O–H groups in total. The second kappa shape index (κ2) is 4.43. The van der Waals surface area contributed by atoms with E-state index in [4.69, 9.17) is 0 Å². The number of rotatable bonds is 1. The second-order valence-electron chi connectivity index (χ2n) is 6.19. The van der Waals surface area contributed by atoms with Crippen molar-refractivity contribution in [1.82, 2.24) is 0 Å². The van der Waals surface area contributed by atoms with Crippen molar-refractivity contribution >= 4 is 0 Å². The van der Waals surface area contributed by atoms with Gasteiger partial charge in [-0.15, -0.1) is 0 Å². The van der Waals surface area contributed by atoms with Crippen molar-refractivity contribution in [2.24, 2.45) is 5.41 Å². The van der Waals surface area contributed by atoms with Crippen LogP contribution in [0.1, 0.15) is 61.1 Å². The Bertz CT molecular complexity index is 489. The lowest BCUT2D eigenvalue weighted by atomic mass is 9.62. The van der Waals surface area contributed by atoms with E-state index in [1.165, 1.54) is 55.2 Å². The van der Waals surface area contributed by atoms with Gasteiger partial charge < -0.3 is 0 Å². The fraction of sp³-hybridized carbons (Fsp3) is 0.588. The lowest BCUT2D eigenvalue weighted by molar-refractivity contribution is 0.196. The van der Waals surface area contributed by atoms with Gasteiger partial charge in [-0.25, -0.2) is 0 Å². The molecule has 0 aromatic heterocycles. The predicted molar refractivity (Wildman–Crippen MR) is 73.4 cm³/mol. The van der Waals surface area contributed by atoms with Crippen molar-refractivity contribution in [1.29, 1.82) is 5.26 Å². The van der Waals surface area contributed by atoms with Gasteiger partial charge in [0.15, 0.2) is 0 Å². The molecule has 1 atom stereocenters. The molecular formula is C17H21N. The van der Waals surface area contributed by atoms with Gasteiger partial charge in [-0.3, -0.25) is 0 Å². The fourth-order valence-electron chi connectivity index (χ4n) is 4.25. The first-order valence-electron chi connectivity index (χ1n) is 7.22. The Morgan fingerprint density at radius 1 is 1.28 bits per heavy atom. The van der Waals surface area contributed by atoms with Gasteiger partial charge in [0.25, 0.3) is 0 Å². The summed E-state index contributed by atoms with van der Waals surface area (Å²) in [6.45, 7) is 2.17. The third kappa shape index (κ3) is 1.75. The molecule has 1 spiro atoms. The van der Waals surface area contributed by atoms with E-state index in [-0.39, 0.29) is 0 Å². The number of hydrogen-bond acceptors (Lipinski definition) is 1. The van der Waals surface area contributed by atoms with E-state index in [0.29, 0.717) is 17.8 Å². The van der Waals surface area contributed by atoms with Gasteiger partial charge in [0.2, 0.25) is 0 Å². The number of hydrogen-bond donors (Lipinski definition) is 0. The van der Waals surface area contributed by atoms with Crippen LogP contribution in [0.2, 0.25) is 0 Å². The van der Waals surface area contributed by atoms with Crippen LogP contribution >= 0.6 is 0 Å². The fourth-order valence-corrected chi connectivity index (χ4v) is 4.25. The summed E-state index contributed by atoms with van der Waals surface area (Å²) in [6, 6.07) is 9.30. The van der Waals surface area contributed by atoms with Crippen LogP contribution in [0, 0.1) is 23.7 Å². The molecule has 2 aliphatic carbocycles. The van der Waals surface area contributed by atoms with E-state index in [1.54, 1.807) is 0 Å². The molecule has 0 amide bonds. The highest BCUT2D eigenvalue weighted by molar-refractivity contribution is 5.39. The molecule has 1 aromatic rings. The van der Waals surface area contributed by atoms with Crippen LogP contribution in [0.15, 0.2) is 18.2 Å². The van der Waals surface area contributed by atoms with Gasteiger partial charge in [0, 0.05) is 12.3 Å². The predicted octanol–water partition coefficient (Wildman–Crippen LogP) is 4.50. The maximum atomic E-state index is 9.21. The highest BCUT2D eigenvalue weighted by Gasteiger charge is 2.44. The normalized spacial score (nSPS) is 24.8. The van der Waals surface area contributed by atoms with Crippen LogP contribution in [0.4, 0.5) is 0 Å². The summed E-state index contributed by atoms with van der Waals surface area (Å²) in [6.07, 6.45) is 8.63. The average Bonchev–Trinajstić information content (AvgIpc) is 2.83. The molecule has 0 radical (unpaired) electrons. The van der Waals surface area contributed by atoms with Crippen LogP contribution in [-0.2, 0) is 6.42 Å². The van der Waals surface area contributed by atoms with E-state index < -0.39 is 0 Å². The van der Waals surface area contributed by atoms with Crippen molar-refractivity contribution in [2.45, 2.75) is 57.8 Å². The van der Waals surface area contributed by atoms with Crippen molar-refractivity contribution in [3.05, 3.63) is 34.9 Å². The van der Waals surface area contributed by atoms with Crippen molar-refractivity contribution in [3.63, 3.8) is 0 Å². The van der Waals surface area contributed by atoms with Gasteiger partial charge >= 0.3 is 0 Å². The second-order valence-corrected chi connectivity index (χ2v) is 6.19. The Labute approximate surface area is 110 Å². The molecule has 1 heteroatoms. The molecule has 1 nitrogen and oxygen atoms in total. The quantitative estimate of drug-likeness (QED) is 0.708. The number of fused-ring (bicyclic) bond motifs is 1. The SMILES string of the molecule is Cc1ccc2c(c1)C(CC#N)C1(CCCC1)CC2. The molecule has 3 rings (SSSR count). The maximum absolute atomic E-state index is 9.21. The molecule has 0 heterocycles. The van der Waals surface area contributed by atoms with Crippen LogP contribution in [-0.4, -0.2) is 0 Å². The van der Waals surface area contributed by atoms with Crippen molar-refractivity contribution in [3.8, 4) is 6.07 Å². The van der Waals surface area contributed by atoms with Gasteiger partial charge in [-0.2, -0.15) is 5.26 Å². The van der Waals surface area contributed by atoms with E-state index in [9.17, 15) is 5.26 Å². The Morgan fingerprint density at radius 3 is 2.78 bits per heavy atom. The van der Waals surface area contributed by atoms with E-state index in [2.05, 4.69) is 31.2 Å². The third-order valence-corrected chi connectivity index (χ3v) is 5.20. The summed E-state index contributed by atoms with van der Waals surface area (Å²) in [5, 5.41) is 9.21. The molecule has 2 aliphatic rings. The topological polar surface area (TPSA) is 23.8 Å². The van der Waals surface area contributed by atoms with Crippen molar-refractivity contribution in [2.75, 3.05) is 0 Å². The van der Waals surface area contributed by atoms with E-state index in [1.807, 2.05) is 0 Å². The van der Waals surface area contributed by atoms with Gasteiger partial charge in [0.1, 0.15) is 0 Å². The van der Waals surface area contributed by atoms with Crippen LogP contribution < -0.4 is 0 Å². The van der Waals surface area contributed by atoms with Gasteiger partial charge in [0.05, 0.1) is 6.07 Å². The lowest BCUT2D eigenvalue weighted by Crippen LogP contribution is -2.31. The average molecular weight is 239 g/mol. The van der Waals surface area contributed by atoms with E-state index in [0.717, 1.165) is 0 Å². The summed E-state index contributed by atoms with van der Waals surface area (Å²) >= 11 is 0. The van der Waals surface area contributed by atoms with Crippen LogP contribution in [0.25, 0.3) is 0 Å². The first kappa shape index (κ1) is 11.8. The van der Waals surface area contributed by atoms with Gasteiger partial charge in [-0.1, -0.05) is 36.6 Å². The molecule has 1 fully saturated rings. The smallest absolute Gasteiger partial charge is 0.0628 e. The summed E-state index contributed by atoms with van der Waals surface area (Å²) in [7, 11) is 0. The number of nitriles is 1. The summed E-state index contributed by atoms with van der Waals surface area (Å²) in [4.78, 5) is 0. The molecule has 1 unspecified atom stereocenters. The first-order chi connectivity index (χ1) is 8.75. The molecule has 1 aromatic carbocycles. The standard InChI is InChI=1S/C17H21N/c1-13-4-5-14-6-10-17(8-2-3-9-17)16(7-11-18)15(14)12-13/h4-5,12,16H,2-3,6-10H2,1H3. The molecule has 0 saturated heterocycles. The monoisotopic (exact) mass is 239 g/mol. The highest BCUT2D eigenvalue weighted by Crippen LogP contribution is 2.56. The minimum Gasteiger partial charge on any atom is -0.198 e. The van der Waals surface area contributed by atoms with Crippen molar-refractivity contribution < 1.29 is 0 Å². The zero-order valence-corrected chi connectivity index (χ0v) is 11.2. The zero-order valence-electron chi connectivity index (χ0n) is 11.2. The summed E-state index contributed by atoms with van der Waals surface area (Å²) < 4.78 is 0. The minimum absolute atomic E-state index is 0.455. The molecule has 1 saturated carbocycles.